The van der Waals surface area contributed by atoms with Crippen molar-refractivity contribution < 1.29 is 13.2 Å². The number of aromatic nitrogens is 3. The molecule has 1 aliphatic heterocycles. The van der Waals surface area contributed by atoms with Gasteiger partial charge in [-0.25, -0.2) is 18.1 Å². The Bertz CT molecular complexity index is 1530. The van der Waals surface area contributed by atoms with Gasteiger partial charge in [0.15, 0.2) is 15.5 Å². The Morgan fingerprint density at radius 1 is 1.12 bits per heavy atom. The number of carbonyl (C=O) groups is 1. The zero-order valence-electron chi connectivity index (χ0n) is 18.7. The van der Waals surface area contributed by atoms with Crippen molar-refractivity contribution in [3.8, 4) is 11.3 Å². The van der Waals surface area contributed by atoms with Crippen molar-refractivity contribution in [3.05, 3.63) is 75.9 Å². The van der Waals surface area contributed by atoms with Gasteiger partial charge in [0.2, 0.25) is 0 Å². The lowest BCUT2D eigenvalue weighted by atomic mass is 10.0. The number of nitrogens with zero attached hydrogens (tertiary/aromatic N) is 3. The maximum absolute atomic E-state index is 13.6. The minimum absolute atomic E-state index is 0.0279. The van der Waals surface area contributed by atoms with Crippen LogP contribution < -0.4 is 5.32 Å². The molecule has 2 aromatic heterocycles. The Morgan fingerprint density at radius 3 is 2.56 bits per heavy atom. The van der Waals surface area contributed by atoms with Crippen molar-refractivity contribution in [2.24, 2.45) is 0 Å². The third-order valence-corrected chi connectivity index (χ3v) is 8.39. The lowest BCUT2D eigenvalue weighted by Crippen LogP contribution is -2.15. The van der Waals surface area contributed by atoms with Crippen LogP contribution in [0.2, 0.25) is 0 Å². The first-order chi connectivity index (χ1) is 16.2. The molecule has 9 heteroatoms. The number of hydrogen-bond acceptors (Lipinski definition) is 5. The molecule has 4 aromatic rings. The van der Waals surface area contributed by atoms with E-state index in [1.165, 1.54) is 0 Å². The van der Waals surface area contributed by atoms with Gasteiger partial charge in [-0.2, -0.15) is 5.10 Å². The molecule has 1 unspecified atom stereocenters. The number of anilines is 1. The first-order valence-electron chi connectivity index (χ1n) is 10.9. The summed E-state index contributed by atoms with van der Waals surface area (Å²) in [6.45, 7) is 3.76. The molecule has 0 aliphatic carbocycles. The first-order valence-corrected chi connectivity index (χ1v) is 13.6. The summed E-state index contributed by atoms with van der Waals surface area (Å²) in [5, 5.41) is 8.31. The van der Waals surface area contributed by atoms with Gasteiger partial charge in [-0.3, -0.25) is 4.79 Å². The Hall–Kier alpha value is -3.04. The van der Waals surface area contributed by atoms with Gasteiger partial charge in [0.25, 0.3) is 5.91 Å². The highest BCUT2D eigenvalue weighted by Crippen LogP contribution is 2.32. The summed E-state index contributed by atoms with van der Waals surface area (Å²) >= 11 is 3.45. The Balaban J connectivity index is 1.67. The van der Waals surface area contributed by atoms with Crippen LogP contribution in [0.1, 0.15) is 34.1 Å². The number of hydrogen-bond donors (Lipinski definition) is 1. The number of nitrogens with one attached hydrogen (secondary N) is 1. The molecule has 0 saturated carbocycles. The Labute approximate surface area is 206 Å². The number of halogens is 1. The van der Waals surface area contributed by atoms with Gasteiger partial charge >= 0.3 is 0 Å². The summed E-state index contributed by atoms with van der Waals surface area (Å²) in [5.74, 6) is -0.108. The summed E-state index contributed by atoms with van der Waals surface area (Å²) < 4.78 is 26.9. The molecule has 0 spiro atoms. The largest absolute Gasteiger partial charge is 0.322 e. The number of amides is 1. The van der Waals surface area contributed by atoms with Gasteiger partial charge in [-0.05, 0) is 50.1 Å². The summed E-state index contributed by atoms with van der Waals surface area (Å²) in [7, 11) is -3.11. The molecule has 0 bridgehead atoms. The molecule has 1 fully saturated rings. The van der Waals surface area contributed by atoms with Crippen LogP contribution in [-0.4, -0.2) is 40.6 Å². The van der Waals surface area contributed by atoms with Gasteiger partial charge in [0.1, 0.15) is 0 Å². The monoisotopic (exact) mass is 538 g/mol. The van der Waals surface area contributed by atoms with Crippen LogP contribution in [0.25, 0.3) is 22.3 Å². The van der Waals surface area contributed by atoms with E-state index in [1.54, 1.807) is 10.7 Å². The fraction of sp³-hybridized carbons (Fsp3) is 0.240. The SMILES string of the molecule is Cc1cc(Br)ccc1NC(=O)c1cc(-c2ccccc2)nc2c1c(C)nn2C1CCS(=O)(=O)C1. The van der Waals surface area contributed by atoms with E-state index in [1.807, 2.05) is 62.4 Å². The molecule has 1 N–H and O–H groups in total. The highest BCUT2D eigenvalue weighted by Gasteiger charge is 2.32. The normalized spacial score (nSPS) is 17.2. The van der Waals surface area contributed by atoms with E-state index in [0.29, 0.717) is 40.1 Å². The van der Waals surface area contributed by atoms with Crippen LogP contribution in [0.5, 0.6) is 0 Å². The van der Waals surface area contributed by atoms with Gasteiger partial charge in [0.05, 0.1) is 39.9 Å². The molecule has 7 nitrogen and oxygen atoms in total. The zero-order valence-corrected chi connectivity index (χ0v) is 21.1. The maximum atomic E-state index is 13.6. The molecule has 1 amide bonds. The summed E-state index contributed by atoms with van der Waals surface area (Å²) in [6, 6.07) is 16.8. The second kappa shape index (κ2) is 8.63. The lowest BCUT2D eigenvalue weighted by molar-refractivity contribution is 0.102. The van der Waals surface area contributed by atoms with E-state index < -0.39 is 9.84 Å². The average molecular weight is 539 g/mol. The van der Waals surface area contributed by atoms with Gasteiger partial charge in [-0.1, -0.05) is 46.3 Å². The van der Waals surface area contributed by atoms with E-state index in [0.717, 1.165) is 15.6 Å². The molecule has 2 aromatic carbocycles. The summed E-state index contributed by atoms with van der Waals surface area (Å²) in [6.07, 6.45) is 0.482. The number of pyridine rings is 1. The van der Waals surface area contributed by atoms with E-state index in [-0.39, 0.29) is 23.5 Å². The van der Waals surface area contributed by atoms with Crippen molar-refractivity contribution in [1.82, 2.24) is 14.8 Å². The summed E-state index contributed by atoms with van der Waals surface area (Å²) in [4.78, 5) is 18.4. The highest BCUT2D eigenvalue weighted by molar-refractivity contribution is 9.10. The Kier molecular flexibility index (Phi) is 5.77. The molecule has 1 aliphatic rings. The van der Waals surface area contributed by atoms with E-state index in [4.69, 9.17) is 4.98 Å². The number of carbonyl (C=O) groups excluding carboxylic acids is 1. The molecule has 1 saturated heterocycles. The van der Waals surface area contributed by atoms with E-state index in [9.17, 15) is 13.2 Å². The maximum Gasteiger partial charge on any atom is 0.256 e. The number of benzene rings is 2. The minimum Gasteiger partial charge on any atom is -0.322 e. The first kappa shape index (κ1) is 22.7. The van der Waals surface area contributed by atoms with Gasteiger partial charge < -0.3 is 5.32 Å². The number of sulfone groups is 1. The lowest BCUT2D eigenvalue weighted by Gasteiger charge is -2.13. The van der Waals surface area contributed by atoms with Crippen molar-refractivity contribution in [2.75, 3.05) is 16.8 Å². The highest BCUT2D eigenvalue weighted by atomic mass is 79.9. The number of fused-ring (bicyclic) bond motifs is 1. The molecule has 174 valence electrons. The molecule has 0 radical (unpaired) electrons. The topological polar surface area (TPSA) is 93.9 Å². The van der Waals surface area contributed by atoms with Crippen LogP contribution in [0.3, 0.4) is 0 Å². The molecule has 3 heterocycles. The number of aryl methyl sites for hydroxylation is 2. The minimum atomic E-state index is -3.11. The third kappa shape index (κ3) is 4.25. The van der Waals surface area contributed by atoms with E-state index >= 15 is 0 Å². The molecule has 1 atom stereocenters. The predicted molar refractivity (Wildman–Crippen MR) is 137 cm³/mol. The number of rotatable bonds is 4. The predicted octanol–water partition coefficient (Wildman–Crippen LogP) is 5.09. The molecule has 5 rings (SSSR count). The molecular weight excluding hydrogens is 516 g/mol. The van der Waals surface area contributed by atoms with Crippen LogP contribution >= 0.6 is 15.9 Å². The van der Waals surface area contributed by atoms with Crippen molar-refractivity contribution in [3.63, 3.8) is 0 Å². The van der Waals surface area contributed by atoms with E-state index in [2.05, 4.69) is 26.3 Å². The van der Waals surface area contributed by atoms with Crippen molar-refractivity contribution in [1.29, 1.82) is 0 Å². The Morgan fingerprint density at radius 2 is 1.88 bits per heavy atom. The van der Waals surface area contributed by atoms with Crippen molar-refractivity contribution in [2.45, 2.75) is 26.3 Å². The summed E-state index contributed by atoms with van der Waals surface area (Å²) in [5.41, 5.74) is 4.76. The fourth-order valence-corrected chi connectivity index (χ4v) is 6.60. The van der Waals surface area contributed by atoms with Crippen LogP contribution in [0, 0.1) is 13.8 Å². The van der Waals surface area contributed by atoms with Crippen molar-refractivity contribution >= 4 is 48.4 Å². The average Bonchev–Trinajstić information content (AvgIpc) is 3.34. The van der Waals surface area contributed by atoms with Gasteiger partial charge in [-0.15, -0.1) is 0 Å². The van der Waals surface area contributed by atoms with Crippen LogP contribution in [-0.2, 0) is 9.84 Å². The smallest absolute Gasteiger partial charge is 0.256 e. The molecular formula is C25H23BrN4O3S. The molecule has 34 heavy (non-hydrogen) atoms. The van der Waals surface area contributed by atoms with Crippen LogP contribution in [0.4, 0.5) is 5.69 Å². The quantitative estimate of drug-likeness (QED) is 0.390. The standard InChI is InChI=1S/C25H23BrN4O3S/c1-15-12-18(26)8-9-21(15)28-25(31)20-13-22(17-6-4-3-5-7-17)27-24-23(20)16(2)29-30(24)19-10-11-34(32,33)14-19/h3-9,12-13,19H,10-11,14H2,1-2H3,(H,28,31). The fourth-order valence-electron chi connectivity index (χ4n) is 4.43. The third-order valence-electron chi connectivity index (χ3n) is 6.14. The second-order valence-electron chi connectivity index (χ2n) is 8.62. The zero-order chi connectivity index (χ0) is 24.0. The second-order valence-corrected chi connectivity index (χ2v) is 11.8. The van der Waals surface area contributed by atoms with Crippen LogP contribution in [0.15, 0.2) is 59.1 Å². The van der Waals surface area contributed by atoms with Gasteiger partial charge in [0, 0.05) is 15.7 Å².